The summed E-state index contributed by atoms with van der Waals surface area (Å²) in [5, 5.41) is 20.0. The first-order valence-corrected chi connectivity index (χ1v) is 13.4. The number of allylic oxidation sites excluding steroid dienone is 2. The first kappa shape index (κ1) is 27.6. The Kier molecular flexibility index (Phi) is 8.74. The van der Waals surface area contributed by atoms with Gasteiger partial charge in [-0.15, -0.1) is 0 Å². The third kappa shape index (κ3) is 6.33. The van der Waals surface area contributed by atoms with Gasteiger partial charge >= 0.3 is 0 Å². The molecule has 198 valence electrons. The summed E-state index contributed by atoms with van der Waals surface area (Å²) in [4.78, 5) is 26.5. The van der Waals surface area contributed by atoms with Crippen LogP contribution in [0.5, 0.6) is 5.75 Å². The molecule has 1 atom stereocenters. The lowest BCUT2D eigenvalue weighted by Gasteiger charge is -2.30. The number of nitriles is 1. The molecule has 0 aliphatic carbocycles. The minimum Gasteiger partial charge on any atom is -0.495 e. The van der Waals surface area contributed by atoms with Gasteiger partial charge in [-0.05, 0) is 55.7 Å². The molecule has 3 N–H and O–H groups in total. The van der Waals surface area contributed by atoms with E-state index >= 15 is 0 Å². The van der Waals surface area contributed by atoms with Crippen molar-refractivity contribution in [2.75, 3.05) is 23.5 Å². The minimum absolute atomic E-state index is 0.0957. The maximum absolute atomic E-state index is 13.7. The van der Waals surface area contributed by atoms with Crippen LogP contribution in [-0.2, 0) is 9.59 Å². The van der Waals surface area contributed by atoms with E-state index in [9.17, 15) is 14.9 Å². The lowest BCUT2D eigenvalue weighted by Crippen LogP contribution is -2.31. The molecule has 1 aliphatic heterocycles. The number of dihydropyridines is 1. The van der Waals surface area contributed by atoms with Crippen molar-refractivity contribution < 1.29 is 14.3 Å². The van der Waals surface area contributed by atoms with Crippen molar-refractivity contribution >= 4 is 35.0 Å². The second-order valence-electron chi connectivity index (χ2n) is 9.17. The molecule has 3 aromatic carbocycles. The zero-order valence-electron chi connectivity index (χ0n) is 22.3. The van der Waals surface area contributed by atoms with Gasteiger partial charge in [0.1, 0.15) is 5.75 Å². The average Bonchev–Trinajstić information content (AvgIpc) is 2.94. The summed E-state index contributed by atoms with van der Waals surface area (Å²) in [5.74, 6) is -0.512. The summed E-state index contributed by atoms with van der Waals surface area (Å²) in [5.41, 5.74) is 5.53. The van der Waals surface area contributed by atoms with Crippen LogP contribution < -0.4 is 20.7 Å². The molecule has 2 amide bonds. The van der Waals surface area contributed by atoms with Gasteiger partial charge in [0, 0.05) is 17.0 Å². The number of rotatable bonds is 8. The fraction of sp³-hybridized carbons (Fsp3) is 0.194. The number of benzene rings is 3. The molecule has 0 spiro atoms. The van der Waals surface area contributed by atoms with Crippen LogP contribution >= 0.6 is 11.8 Å². The maximum atomic E-state index is 13.7. The van der Waals surface area contributed by atoms with Crippen molar-refractivity contribution in [1.29, 1.82) is 5.26 Å². The largest absolute Gasteiger partial charge is 0.495 e. The molecule has 0 radical (unpaired) electrons. The van der Waals surface area contributed by atoms with Crippen LogP contribution in [0.4, 0.5) is 11.4 Å². The minimum atomic E-state index is -0.614. The number of anilines is 2. The normalized spacial score (nSPS) is 14.8. The SMILES string of the molecule is COc1ccccc1NC(=O)C1=C(C)NC(SCC(=O)Nc2cc(C)ccc2C)=C(C#N)C1c1ccccc1. The summed E-state index contributed by atoms with van der Waals surface area (Å²) in [6.07, 6.45) is 0. The molecule has 8 heteroatoms. The molecule has 39 heavy (non-hydrogen) atoms. The van der Waals surface area contributed by atoms with Crippen LogP contribution in [0.15, 0.2) is 94.7 Å². The summed E-state index contributed by atoms with van der Waals surface area (Å²) < 4.78 is 5.39. The number of nitrogens with one attached hydrogen (secondary N) is 3. The van der Waals surface area contributed by atoms with Gasteiger partial charge < -0.3 is 20.7 Å². The lowest BCUT2D eigenvalue weighted by atomic mass is 9.82. The van der Waals surface area contributed by atoms with Crippen molar-refractivity contribution in [3.8, 4) is 11.8 Å². The van der Waals surface area contributed by atoms with Crippen LogP contribution in [0, 0.1) is 25.2 Å². The van der Waals surface area contributed by atoms with E-state index < -0.39 is 5.92 Å². The number of hydrogen-bond acceptors (Lipinski definition) is 6. The number of aryl methyl sites for hydroxylation is 2. The molecular weight excluding hydrogens is 508 g/mol. The predicted octanol–water partition coefficient (Wildman–Crippen LogP) is 6.02. The fourth-order valence-corrected chi connectivity index (χ4v) is 5.33. The monoisotopic (exact) mass is 538 g/mol. The van der Waals surface area contributed by atoms with Crippen molar-refractivity contribution in [2.24, 2.45) is 0 Å². The number of carbonyl (C=O) groups excluding carboxylic acids is 2. The van der Waals surface area contributed by atoms with Gasteiger partial charge in [0.15, 0.2) is 0 Å². The van der Waals surface area contributed by atoms with E-state index in [-0.39, 0.29) is 17.6 Å². The topological polar surface area (TPSA) is 103 Å². The first-order chi connectivity index (χ1) is 18.8. The maximum Gasteiger partial charge on any atom is 0.254 e. The molecule has 0 saturated carbocycles. The predicted molar refractivity (Wildman–Crippen MR) is 156 cm³/mol. The van der Waals surface area contributed by atoms with Gasteiger partial charge in [-0.1, -0.05) is 66.4 Å². The highest BCUT2D eigenvalue weighted by molar-refractivity contribution is 8.03. The number of nitrogens with zero attached hydrogens (tertiary/aromatic N) is 1. The van der Waals surface area contributed by atoms with E-state index in [1.165, 1.54) is 11.8 Å². The van der Waals surface area contributed by atoms with Gasteiger partial charge in [0.25, 0.3) is 5.91 Å². The highest BCUT2D eigenvalue weighted by atomic mass is 32.2. The molecule has 0 fully saturated rings. The third-order valence-electron chi connectivity index (χ3n) is 6.39. The molecule has 0 bridgehead atoms. The van der Waals surface area contributed by atoms with E-state index in [2.05, 4.69) is 22.0 Å². The van der Waals surface area contributed by atoms with Gasteiger partial charge in [0.2, 0.25) is 5.91 Å². The van der Waals surface area contributed by atoms with Crippen LogP contribution in [0.2, 0.25) is 0 Å². The first-order valence-electron chi connectivity index (χ1n) is 12.4. The zero-order valence-corrected chi connectivity index (χ0v) is 23.1. The molecule has 3 aromatic rings. The van der Waals surface area contributed by atoms with E-state index in [1.807, 2.05) is 74.5 Å². The average molecular weight is 539 g/mol. The Morgan fingerprint density at radius 1 is 0.974 bits per heavy atom. The van der Waals surface area contributed by atoms with Crippen LogP contribution in [0.25, 0.3) is 0 Å². The van der Waals surface area contributed by atoms with Gasteiger partial charge in [-0.2, -0.15) is 5.26 Å². The number of thioether (sulfide) groups is 1. The van der Waals surface area contributed by atoms with Crippen LogP contribution in [-0.4, -0.2) is 24.7 Å². The van der Waals surface area contributed by atoms with Crippen molar-refractivity contribution in [3.63, 3.8) is 0 Å². The fourth-order valence-electron chi connectivity index (χ4n) is 4.44. The lowest BCUT2D eigenvalue weighted by molar-refractivity contribution is -0.114. The molecular formula is C31H30N4O3S. The molecule has 1 heterocycles. The third-order valence-corrected chi connectivity index (χ3v) is 7.41. The van der Waals surface area contributed by atoms with E-state index in [4.69, 9.17) is 4.74 Å². The van der Waals surface area contributed by atoms with Gasteiger partial charge in [-0.3, -0.25) is 9.59 Å². The number of amides is 2. The van der Waals surface area contributed by atoms with Crippen LogP contribution in [0.1, 0.15) is 29.5 Å². The molecule has 1 unspecified atom stereocenters. The Balaban J connectivity index is 1.62. The molecule has 0 aromatic heterocycles. The molecule has 4 rings (SSSR count). The number of carbonyl (C=O) groups is 2. The van der Waals surface area contributed by atoms with Crippen molar-refractivity contribution in [3.05, 3.63) is 111 Å². The van der Waals surface area contributed by atoms with Crippen molar-refractivity contribution in [1.82, 2.24) is 5.32 Å². The van der Waals surface area contributed by atoms with E-state index in [1.54, 1.807) is 26.2 Å². The number of methoxy groups -OCH3 is 1. The van der Waals surface area contributed by atoms with Crippen LogP contribution in [0.3, 0.4) is 0 Å². The van der Waals surface area contributed by atoms with Crippen molar-refractivity contribution in [2.45, 2.75) is 26.7 Å². The molecule has 7 nitrogen and oxygen atoms in total. The smallest absolute Gasteiger partial charge is 0.254 e. The summed E-state index contributed by atoms with van der Waals surface area (Å²) in [6, 6.07) is 24.8. The van der Waals surface area contributed by atoms with E-state index in [0.717, 1.165) is 22.4 Å². The Morgan fingerprint density at radius 2 is 1.69 bits per heavy atom. The quantitative estimate of drug-likeness (QED) is 0.324. The second kappa shape index (κ2) is 12.4. The number of ether oxygens (including phenoxy) is 1. The Morgan fingerprint density at radius 3 is 2.41 bits per heavy atom. The highest BCUT2D eigenvalue weighted by Gasteiger charge is 2.35. The second-order valence-corrected chi connectivity index (χ2v) is 10.2. The van der Waals surface area contributed by atoms with Gasteiger partial charge in [-0.25, -0.2) is 0 Å². The zero-order chi connectivity index (χ0) is 27.9. The van der Waals surface area contributed by atoms with Gasteiger partial charge in [0.05, 0.1) is 41.1 Å². The standard InChI is InChI=1S/C31H30N4O3S/c1-19-14-15-20(2)25(16-19)34-27(36)18-39-31-23(17-32)29(22-10-6-5-7-11-22)28(21(3)33-31)30(37)35-24-12-8-9-13-26(24)38-4/h5-16,29,33H,18H2,1-4H3,(H,34,36)(H,35,37). The summed E-state index contributed by atoms with van der Waals surface area (Å²) in [6.45, 7) is 5.72. The number of hydrogen-bond donors (Lipinski definition) is 3. The molecule has 1 aliphatic rings. The molecule has 0 saturated heterocycles. The summed E-state index contributed by atoms with van der Waals surface area (Å²) in [7, 11) is 1.54. The summed E-state index contributed by atoms with van der Waals surface area (Å²) >= 11 is 1.24. The van der Waals surface area contributed by atoms with E-state index in [0.29, 0.717) is 33.3 Å². The Bertz CT molecular complexity index is 1510. The number of para-hydroxylation sites is 2. The highest BCUT2D eigenvalue weighted by Crippen LogP contribution is 2.41. The Labute approximate surface area is 233 Å². The Hall–Kier alpha value is -4.48.